The molecule has 1 aliphatic heterocycles. The van der Waals surface area contributed by atoms with Crippen LogP contribution in [-0.2, 0) is 9.59 Å². The highest BCUT2D eigenvalue weighted by molar-refractivity contribution is 9.10. The molecule has 2 amide bonds. The summed E-state index contributed by atoms with van der Waals surface area (Å²) in [5.74, 6) is 0.555. The van der Waals surface area contributed by atoms with Gasteiger partial charge >= 0.3 is 0 Å². The molecule has 0 aromatic heterocycles. The van der Waals surface area contributed by atoms with Crippen molar-refractivity contribution in [1.29, 1.82) is 0 Å². The van der Waals surface area contributed by atoms with Gasteiger partial charge in [0, 0.05) is 0 Å². The normalized spacial score (nSPS) is 14.3. The number of amides is 2. The van der Waals surface area contributed by atoms with Crippen molar-refractivity contribution in [2.45, 2.75) is 0 Å². The molecule has 174 valence electrons. The zero-order valence-electron chi connectivity index (χ0n) is 18.1. The van der Waals surface area contributed by atoms with Crippen LogP contribution in [0.1, 0.15) is 5.56 Å². The smallest absolute Gasteiger partial charge is 0.282 e. The Morgan fingerprint density at radius 2 is 1.68 bits per heavy atom. The van der Waals surface area contributed by atoms with Gasteiger partial charge in [0.2, 0.25) is 0 Å². The maximum atomic E-state index is 12.8. The van der Waals surface area contributed by atoms with Gasteiger partial charge in [-0.3, -0.25) is 15.0 Å². The van der Waals surface area contributed by atoms with Crippen LogP contribution in [0.5, 0.6) is 17.2 Å². The number of hydrogen-bond acceptors (Lipinski definition) is 5. The monoisotopic (exact) mass is 542 g/mol. The number of nitrogens with zero attached hydrogens (tertiary/aromatic N) is 1. The maximum absolute atomic E-state index is 12.8. The lowest BCUT2D eigenvalue weighted by Gasteiger charge is -2.14. The Labute approximate surface area is 210 Å². The minimum atomic E-state index is -0.485. The molecular weight excluding hydrogens is 524 g/mol. The number of hydrazine groups is 1. The zero-order chi connectivity index (χ0) is 24.1. The summed E-state index contributed by atoms with van der Waals surface area (Å²) < 4.78 is 17.6. The van der Waals surface area contributed by atoms with Crippen molar-refractivity contribution >= 4 is 51.1 Å². The van der Waals surface area contributed by atoms with E-state index in [2.05, 4.69) is 21.4 Å². The highest BCUT2D eigenvalue weighted by Gasteiger charge is 2.34. The third-order valence-electron chi connectivity index (χ3n) is 4.89. The Kier molecular flexibility index (Phi) is 7.40. The number of anilines is 1. The van der Waals surface area contributed by atoms with Crippen LogP contribution in [0, 0.1) is 0 Å². The summed E-state index contributed by atoms with van der Waals surface area (Å²) in [5.41, 5.74) is 3.76. The van der Waals surface area contributed by atoms with Gasteiger partial charge in [0.1, 0.15) is 24.5 Å². The Hall–Kier alpha value is -3.49. The molecule has 0 saturated carbocycles. The number of hydrogen-bond donors (Lipinski definition) is 1. The Morgan fingerprint density at radius 3 is 2.41 bits per heavy atom. The number of para-hydroxylation sites is 2. The minimum absolute atomic E-state index is 0.0135. The van der Waals surface area contributed by atoms with E-state index in [9.17, 15) is 9.59 Å². The van der Waals surface area contributed by atoms with Gasteiger partial charge in [-0.2, -0.15) is 0 Å². The van der Waals surface area contributed by atoms with Gasteiger partial charge in [-0.15, -0.1) is 0 Å². The molecule has 1 heterocycles. The van der Waals surface area contributed by atoms with Gasteiger partial charge in [0.15, 0.2) is 11.5 Å². The van der Waals surface area contributed by atoms with Crippen molar-refractivity contribution in [3.63, 3.8) is 0 Å². The van der Waals surface area contributed by atoms with Gasteiger partial charge in [-0.05, 0) is 64.0 Å². The fourth-order valence-corrected chi connectivity index (χ4v) is 4.07. The minimum Gasteiger partial charge on any atom is -0.493 e. The summed E-state index contributed by atoms with van der Waals surface area (Å²) in [7, 11) is 1.51. The third kappa shape index (κ3) is 5.18. The maximum Gasteiger partial charge on any atom is 0.282 e. The average molecular weight is 544 g/mol. The molecule has 3 aromatic carbocycles. The van der Waals surface area contributed by atoms with Crippen LogP contribution in [0.4, 0.5) is 5.69 Å². The largest absolute Gasteiger partial charge is 0.493 e. The lowest BCUT2D eigenvalue weighted by Crippen LogP contribution is -2.35. The van der Waals surface area contributed by atoms with Crippen LogP contribution in [0.25, 0.3) is 6.08 Å². The molecule has 0 atom stereocenters. The van der Waals surface area contributed by atoms with E-state index in [0.29, 0.717) is 38.0 Å². The Balaban J connectivity index is 1.48. The fourth-order valence-electron chi connectivity index (χ4n) is 3.30. The van der Waals surface area contributed by atoms with Crippen LogP contribution >= 0.6 is 27.5 Å². The summed E-state index contributed by atoms with van der Waals surface area (Å²) in [5, 5.41) is 1.74. The number of carbonyl (C=O) groups excluding carboxylic acids is 2. The predicted octanol–water partition coefficient (Wildman–Crippen LogP) is 5.03. The molecule has 0 spiro atoms. The van der Waals surface area contributed by atoms with E-state index in [1.165, 1.54) is 18.2 Å². The number of carbonyl (C=O) groups is 2. The van der Waals surface area contributed by atoms with E-state index in [-0.39, 0.29) is 18.8 Å². The summed E-state index contributed by atoms with van der Waals surface area (Å²) in [4.78, 5) is 25.3. The summed E-state index contributed by atoms with van der Waals surface area (Å²) in [6.45, 7) is 0.517. The second-order valence-electron chi connectivity index (χ2n) is 7.14. The molecule has 9 heteroatoms. The zero-order valence-corrected chi connectivity index (χ0v) is 20.4. The lowest BCUT2D eigenvalue weighted by atomic mass is 10.1. The topological polar surface area (TPSA) is 77.1 Å². The first-order valence-corrected chi connectivity index (χ1v) is 11.4. The number of nitrogens with one attached hydrogen (secondary N) is 1. The SMILES string of the molecule is COc1cc(C=C2C(=O)NN(c3ccccc3)C2=O)cc(Br)c1OCCOc1ccccc1Cl. The highest BCUT2D eigenvalue weighted by Crippen LogP contribution is 2.37. The number of rotatable bonds is 8. The van der Waals surface area contributed by atoms with E-state index < -0.39 is 11.8 Å². The summed E-state index contributed by atoms with van der Waals surface area (Å²) in [6, 6.07) is 19.5. The van der Waals surface area contributed by atoms with Crippen molar-refractivity contribution in [3.8, 4) is 17.2 Å². The molecule has 1 fully saturated rings. The summed E-state index contributed by atoms with van der Waals surface area (Å²) >= 11 is 9.57. The summed E-state index contributed by atoms with van der Waals surface area (Å²) in [6.07, 6.45) is 1.51. The predicted molar refractivity (Wildman–Crippen MR) is 133 cm³/mol. The molecule has 1 N–H and O–H groups in total. The van der Waals surface area contributed by atoms with E-state index >= 15 is 0 Å². The van der Waals surface area contributed by atoms with Crippen LogP contribution in [-0.4, -0.2) is 32.1 Å². The quantitative estimate of drug-likeness (QED) is 0.245. The molecule has 1 saturated heterocycles. The molecule has 0 bridgehead atoms. The molecule has 7 nitrogen and oxygen atoms in total. The molecule has 3 aromatic rings. The third-order valence-corrected chi connectivity index (χ3v) is 5.79. The Morgan fingerprint density at radius 1 is 0.971 bits per heavy atom. The fraction of sp³-hybridized carbons (Fsp3) is 0.120. The first-order valence-electron chi connectivity index (χ1n) is 10.3. The van der Waals surface area contributed by atoms with Gasteiger partial charge in [-0.1, -0.05) is 41.9 Å². The average Bonchev–Trinajstić information content (AvgIpc) is 3.12. The van der Waals surface area contributed by atoms with Crippen molar-refractivity contribution in [2.24, 2.45) is 0 Å². The standard InChI is InChI=1S/C25H20BrClN2O5/c1-32-22-15-16(13-18-24(30)28-29(25(18)31)17-7-3-2-4-8-17)14-19(26)23(22)34-12-11-33-21-10-6-5-9-20(21)27/h2-10,13-15H,11-12H2,1H3,(H,28,30). The second kappa shape index (κ2) is 10.6. The van der Waals surface area contributed by atoms with Gasteiger partial charge in [-0.25, -0.2) is 5.01 Å². The van der Waals surface area contributed by atoms with Crippen LogP contribution in [0.2, 0.25) is 5.02 Å². The molecule has 4 rings (SSSR count). The molecule has 34 heavy (non-hydrogen) atoms. The molecule has 0 aliphatic carbocycles. The molecule has 1 aliphatic rings. The van der Waals surface area contributed by atoms with Crippen molar-refractivity contribution in [1.82, 2.24) is 5.43 Å². The second-order valence-corrected chi connectivity index (χ2v) is 8.40. The first kappa shape index (κ1) is 23.7. The Bertz CT molecular complexity index is 1250. The molecule has 0 unspecified atom stereocenters. The van der Waals surface area contributed by atoms with Crippen LogP contribution < -0.4 is 24.6 Å². The van der Waals surface area contributed by atoms with Crippen molar-refractivity contribution < 1.29 is 23.8 Å². The van der Waals surface area contributed by atoms with Crippen molar-refractivity contribution in [3.05, 3.63) is 87.4 Å². The van der Waals surface area contributed by atoms with Crippen LogP contribution in [0.15, 0.2) is 76.8 Å². The molecular formula is C25H20BrClN2O5. The highest BCUT2D eigenvalue weighted by atomic mass is 79.9. The molecule has 0 radical (unpaired) electrons. The van der Waals surface area contributed by atoms with Gasteiger partial charge in [0.25, 0.3) is 11.8 Å². The number of halogens is 2. The number of ether oxygens (including phenoxy) is 3. The number of methoxy groups -OCH3 is 1. The number of benzene rings is 3. The van der Waals surface area contributed by atoms with Crippen molar-refractivity contribution in [2.75, 3.05) is 25.3 Å². The lowest BCUT2D eigenvalue weighted by molar-refractivity contribution is -0.117. The first-order chi connectivity index (χ1) is 16.5. The van der Waals surface area contributed by atoms with E-state index in [1.807, 2.05) is 18.2 Å². The van der Waals surface area contributed by atoms with E-state index in [4.69, 9.17) is 25.8 Å². The van der Waals surface area contributed by atoms with E-state index in [0.717, 1.165) is 0 Å². The van der Waals surface area contributed by atoms with Gasteiger partial charge in [0.05, 0.1) is 22.3 Å². The van der Waals surface area contributed by atoms with Gasteiger partial charge < -0.3 is 14.2 Å². The van der Waals surface area contributed by atoms with E-state index in [1.54, 1.807) is 48.5 Å². The van der Waals surface area contributed by atoms with Crippen LogP contribution in [0.3, 0.4) is 0 Å².